The van der Waals surface area contributed by atoms with Gasteiger partial charge in [-0.2, -0.15) is 0 Å². The average Bonchev–Trinajstić information content (AvgIpc) is 2.34. The fourth-order valence-corrected chi connectivity index (χ4v) is 1.36. The second kappa shape index (κ2) is 6.38. The summed E-state index contributed by atoms with van der Waals surface area (Å²) in [4.78, 5) is 13.8. The Hall–Kier alpha value is -1.81. The third kappa shape index (κ3) is 5.14. The normalized spacial score (nSPS) is 12.1. The Kier molecular flexibility index (Phi) is 5.12. The van der Waals surface area contributed by atoms with E-state index in [1.165, 1.54) is 6.08 Å². The van der Waals surface area contributed by atoms with Crippen LogP contribution in [0, 0.1) is 0 Å². The molecule has 1 aromatic carbocycles. The highest BCUT2D eigenvalue weighted by atomic mass is 16.1. The van der Waals surface area contributed by atoms with E-state index < -0.39 is 0 Å². The molecule has 1 amide bonds. The molecular formula is C15H23N3O. The maximum Gasteiger partial charge on any atom is 0.244 e. The molecule has 0 spiro atoms. The van der Waals surface area contributed by atoms with E-state index in [1.54, 1.807) is 6.08 Å². The zero-order valence-electron chi connectivity index (χ0n) is 12.1. The summed E-state index contributed by atoms with van der Waals surface area (Å²) in [6.45, 7) is 4.75. The lowest BCUT2D eigenvalue weighted by Gasteiger charge is -2.32. The summed E-state index contributed by atoms with van der Waals surface area (Å²) in [5.74, 6) is -0.0997. The van der Waals surface area contributed by atoms with Gasteiger partial charge in [0.2, 0.25) is 5.91 Å². The number of nitrogens with zero attached hydrogens (tertiary/aromatic N) is 1. The number of anilines is 1. The molecule has 0 radical (unpaired) electrons. The van der Waals surface area contributed by atoms with Crippen LogP contribution in [-0.2, 0) is 4.79 Å². The standard InChI is InChI=1S/C15H23N3O/c1-15(2,18(3)4)11-17-14(19)9-8-12-6-5-7-13(16)10-12/h5-10H,11,16H2,1-4H3,(H,17,19)/b9-8+. The molecule has 0 aliphatic carbocycles. The first-order chi connectivity index (χ1) is 8.81. The molecule has 0 fully saturated rings. The van der Waals surface area contributed by atoms with Crippen molar-refractivity contribution in [2.45, 2.75) is 19.4 Å². The number of likely N-dealkylation sites (N-methyl/N-ethyl adjacent to an activating group) is 1. The van der Waals surface area contributed by atoms with E-state index in [1.807, 2.05) is 38.4 Å². The van der Waals surface area contributed by atoms with Gasteiger partial charge in [-0.25, -0.2) is 0 Å². The van der Waals surface area contributed by atoms with E-state index >= 15 is 0 Å². The van der Waals surface area contributed by atoms with E-state index in [0.717, 1.165) is 5.56 Å². The Labute approximate surface area is 115 Å². The van der Waals surface area contributed by atoms with Crippen LogP contribution in [0.3, 0.4) is 0 Å². The smallest absolute Gasteiger partial charge is 0.244 e. The highest BCUT2D eigenvalue weighted by molar-refractivity contribution is 5.91. The number of nitrogens with two attached hydrogens (primary N) is 1. The summed E-state index contributed by atoms with van der Waals surface area (Å²) in [7, 11) is 3.99. The van der Waals surface area contributed by atoms with Crippen LogP contribution in [0.5, 0.6) is 0 Å². The number of hydrogen-bond donors (Lipinski definition) is 2. The zero-order chi connectivity index (χ0) is 14.5. The molecule has 0 saturated heterocycles. The van der Waals surface area contributed by atoms with Crippen LogP contribution in [-0.4, -0.2) is 37.0 Å². The third-order valence-corrected chi connectivity index (χ3v) is 3.24. The molecule has 0 aromatic heterocycles. The van der Waals surface area contributed by atoms with E-state index in [2.05, 4.69) is 24.1 Å². The van der Waals surface area contributed by atoms with Crippen LogP contribution in [0.25, 0.3) is 6.08 Å². The van der Waals surface area contributed by atoms with Crippen molar-refractivity contribution in [1.29, 1.82) is 0 Å². The number of benzene rings is 1. The van der Waals surface area contributed by atoms with Gasteiger partial charge in [0.25, 0.3) is 0 Å². The molecule has 19 heavy (non-hydrogen) atoms. The van der Waals surface area contributed by atoms with Crippen LogP contribution in [0.1, 0.15) is 19.4 Å². The lowest BCUT2D eigenvalue weighted by Crippen LogP contribution is -2.47. The summed E-state index contributed by atoms with van der Waals surface area (Å²) in [5.41, 5.74) is 7.21. The highest BCUT2D eigenvalue weighted by Crippen LogP contribution is 2.09. The molecule has 3 N–H and O–H groups in total. The molecule has 0 bridgehead atoms. The molecule has 0 aliphatic heterocycles. The largest absolute Gasteiger partial charge is 0.399 e. The van der Waals surface area contributed by atoms with Gasteiger partial charge in [-0.3, -0.25) is 4.79 Å². The van der Waals surface area contributed by atoms with Crippen molar-refractivity contribution >= 4 is 17.7 Å². The van der Waals surface area contributed by atoms with E-state index in [-0.39, 0.29) is 11.4 Å². The Bertz CT molecular complexity index is 464. The number of nitrogens with one attached hydrogen (secondary N) is 1. The molecule has 4 heteroatoms. The molecule has 104 valence electrons. The van der Waals surface area contributed by atoms with E-state index in [4.69, 9.17) is 5.73 Å². The first-order valence-electron chi connectivity index (χ1n) is 6.30. The van der Waals surface area contributed by atoms with Crippen molar-refractivity contribution in [2.24, 2.45) is 0 Å². The number of carbonyl (C=O) groups excluding carboxylic acids is 1. The van der Waals surface area contributed by atoms with Crippen LogP contribution in [0.15, 0.2) is 30.3 Å². The molecule has 0 heterocycles. The summed E-state index contributed by atoms with van der Waals surface area (Å²) in [6, 6.07) is 7.41. The first kappa shape index (κ1) is 15.2. The summed E-state index contributed by atoms with van der Waals surface area (Å²) in [5, 5.41) is 2.89. The van der Waals surface area contributed by atoms with Gasteiger partial charge in [0.1, 0.15) is 0 Å². The average molecular weight is 261 g/mol. The number of hydrogen-bond acceptors (Lipinski definition) is 3. The molecule has 1 aromatic rings. The van der Waals surface area contributed by atoms with Crippen molar-refractivity contribution < 1.29 is 4.79 Å². The zero-order valence-corrected chi connectivity index (χ0v) is 12.1. The topological polar surface area (TPSA) is 58.4 Å². The fourth-order valence-electron chi connectivity index (χ4n) is 1.36. The van der Waals surface area contributed by atoms with Crippen molar-refractivity contribution in [1.82, 2.24) is 10.2 Å². The Morgan fingerprint density at radius 3 is 2.68 bits per heavy atom. The molecule has 0 atom stereocenters. The van der Waals surface area contributed by atoms with Crippen LogP contribution < -0.4 is 11.1 Å². The Morgan fingerprint density at radius 2 is 2.11 bits per heavy atom. The summed E-state index contributed by atoms with van der Waals surface area (Å²) >= 11 is 0. The van der Waals surface area contributed by atoms with Gasteiger partial charge in [-0.15, -0.1) is 0 Å². The van der Waals surface area contributed by atoms with E-state index in [9.17, 15) is 4.79 Å². The van der Waals surface area contributed by atoms with Crippen LogP contribution >= 0.6 is 0 Å². The minimum Gasteiger partial charge on any atom is -0.399 e. The predicted molar refractivity (Wildman–Crippen MR) is 80.7 cm³/mol. The highest BCUT2D eigenvalue weighted by Gasteiger charge is 2.20. The second-order valence-electron chi connectivity index (χ2n) is 5.43. The van der Waals surface area contributed by atoms with E-state index in [0.29, 0.717) is 12.2 Å². The van der Waals surface area contributed by atoms with Gasteiger partial charge in [0.05, 0.1) is 0 Å². The summed E-state index contributed by atoms with van der Waals surface area (Å²) in [6.07, 6.45) is 3.29. The van der Waals surface area contributed by atoms with Gasteiger partial charge in [0.15, 0.2) is 0 Å². The second-order valence-corrected chi connectivity index (χ2v) is 5.43. The third-order valence-electron chi connectivity index (χ3n) is 3.24. The molecule has 0 saturated carbocycles. The van der Waals surface area contributed by atoms with Crippen LogP contribution in [0.2, 0.25) is 0 Å². The predicted octanol–water partition coefficient (Wildman–Crippen LogP) is 1.74. The number of nitrogen functional groups attached to an aromatic ring is 1. The SMILES string of the molecule is CN(C)C(C)(C)CNC(=O)/C=C/c1cccc(N)c1. The molecule has 0 unspecified atom stereocenters. The maximum absolute atomic E-state index is 11.7. The fraction of sp³-hybridized carbons (Fsp3) is 0.400. The maximum atomic E-state index is 11.7. The van der Waals surface area contributed by atoms with Crippen molar-refractivity contribution in [2.75, 3.05) is 26.4 Å². The monoisotopic (exact) mass is 261 g/mol. The quantitative estimate of drug-likeness (QED) is 0.627. The Balaban J connectivity index is 2.52. The summed E-state index contributed by atoms with van der Waals surface area (Å²) < 4.78 is 0. The van der Waals surface area contributed by atoms with Gasteiger partial charge >= 0.3 is 0 Å². The van der Waals surface area contributed by atoms with Crippen molar-refractivity contribution in [3.63, 3.8) is 0 Å². The molecule has 4 nitrogen and oxygen atoms in total. The van der Waals surface area contributed by atoms with Gasteiger partial charge in [-0.05, 0) is 51.7 Å². The minimum atomic E-state index is -0.0997. The number of carbonyl (C=O) groups is 1. The molecular weight excluding hydrogens is 238 g/mol. The number of rotatable bonds is 5. The van der Waals surface area contributed by atoms with Gasteiger partial charge in [-0.1, -0.05) is 12.1 Å². The number of amides is 1. The molecule has 1 rings (SSSR count). The van der Waals surface area contributed by atoms with Crippen LogP contribution in [0.4, 0.5) is 5.69 Å². The van der Waals surface area contributed by atoms with Gasteiger partial charge < -0.3 is 16.0 Å². The lowest BCUT2D eigenvalue weighted by molar-refractivity contribution is -0.116. The van der Waals surface area contributed by atoms with Gasteiger partial charge in [0, 0.05) is 23.8 Å². The first-order valence-corrected chi connectivity index (χ1v) is 6.30. The minimum absolute atomic E-state index is 0.0688. The van der Waals surface area contributed by atoms with Crippen molar-refractivity contribution in [3.05, 3.63) is 35.9 Å². The molecule has 0 aliphatic rings. The Morgan fingerprint density at radius 1 is 1.42 bits per heavy atom. The van der Waals surface area contributed by atoms with Crippen molar-refractivity contribution in [3.8, 4) is 0 Å². The lowest BCUT2D eigenvalue weighted by atomic mass is 10.0.